The standard InChI is InChI=1S/C14H21N3O/c1-17(13-3-2-4-13)10-14(18)16-12-7-5-11(9-15)6-8-12/h5-8,13H,2-4,9-10,15H2,1H3,(H,16,18). The van der Waals surface area contributed by atoms with E-state index in [0.717, 1.165) is 11.3 Å². The van der Waals surface area contributed by atoms with Gasteiger partial charge in [-0.3, -0.25) is 9.69 Å². The van der Waals surface area contributed by atoms with E-state index in [1.54, 1.807) is 0 Å². The Labute approximate surface area is 108 Å². The molecule has 1 aliphatic carbocycles. The molecule has 1 aromatic rings. The van der Waals surface area contributed by atoms with Crippen LogP contribution >= 0.6 is 0 Å². The lowest BCUT2D eigenvalue weighted by Gasteiger charge is -2.34. The molecule has 0 bridgehead atoms. The van der Waals surface area contributed by atoms with Crippen molar-refractivity contribution in [2.24, 2.45) is 5.73 Å². The summed E-state index contributed by atoms with van der Waals surface area (Å²) in [5.74, 6) is 0.0462. The molecule has 0 spiro atoms. The molecule has 1 amide bonds. The number of nitrogens with zero attached hydrogens (tertiary/aromatic N) is 1. The lowest BCUT2D eigenvalue weighted by atomic mass is 9.92. The van der Waals surface area contributed by atoms with Crippen molar-refractivity contribution < 1.29 is 4.79 Å². The van der Waals surface area contributed by atoms with E-state index >= 15 is 0 Å². The Bertz CT molecular complexity index is 398. The second kappa shape index (κ2) is 5.98. The van der Waals surface area contributed by atoms with Crippen molar-refractivity contribution in [2.45, 2.75) is 31.8 Å². The number of hydrogen-bond acceptors (Lipinski definition) is 3. The SMILES string of the molecule is CN(CC(=O)Nc1ccc(CN)cc1)C1CCC1. The maximum Gasteiger partial charge on any atom is 0.238 e. The fraction of sp³-hybridized carbons (Fsp3) is 0.500. The van der Waals surface area contributed by atoms with Crippen LogP contribution in [0.4, 0.5) is 5.69 Å². The molecule has 1 aromatic carbocycles. The van der Waals surface area contributed by atoms with Crippen molar-refractivity contribution in [1.82, 2.24) is 4.90 Å². The Morgan fingerprint density at radius 1 is 1.39 bits per heavy atom. The zero-order valence-corrected chi connectivity index (χ0v) is 10.9. The van der Waals surface area contributed by atoms with E-state index in [-0.39, 0.29) is 5.91 Å². The van der Waals surface area contributed by atoms with Crippen molar-refractivity contribution in [3.63, 3.8) is 0 Å². The van der Waals surface area contributed by atoms with Crippen LogP contribution < -0.4 is 11.1 Å². The average Bonchev–Trinajstić information content (AvgIpc) is 2.27. The van der Waals surface area contributed by atoms with Crippen molar-refractivity contribution in [1.29, 1.82) is 0 Å². The highest BCUT2D eigenvalue weighted by atomic mass is 16.2. The van der Waals surface area contributed by atoms with Gasteiger partial charge in [-0.2, -0.15) is 0 Å². The third-order valence-electron chi connectivity index (χ3n) is 3.56. The van der Waals surface area contributed by atoms with Crippen LogP contribution in [0.3, 0.4) is 0 Å². The second-order valence-corrected chi connectivity index (χ2v) is 4.95. The van der Waals surface area contributed by atoms with Crippen LogP contribution in [0.25, 0.3) is 0 Å². The Morgan fingerprint density at radius 2 is 2.06 bits per heavy atom. The van der Waals surface area contributed by atoms with Gasteiger partial charge >= 0.3 is 0 Å². The second-order valence-electron chi connectivity index (χ2n) is 4.95. The molecule has 98 valence electrons. The number of carbonyl (C=O) groups excluding carboxylic acids is 1. The number of nitrogens with one attached hydrogen (secondary N) is 1. The van der Waals surface area contributed by atoms with Crippen LogP contribution in [-0.2, 0) is 11.3 Å². The number of nitrogens with two attached hydrogens (primary N) is 1. The highest BCUT2D eigenvalue weighted by molar-refractivity contribution is 5.92. The van der Waals surface area contributed by atoms with Crippen molar-refractivity contribution in [3.8, 4) is 0 Å². The van der Waals surface area contributed by atoms with Gasteiger partial charge in [-0.25, -0.2) is 0 Å². The Morgan fingerprint density at radius 3 is 2.56 bits per heavy atom. The zero-order valence-electron chi connectivity index (χ0n) is 10.9. The number of amides is 1. The van der Waals surface area contributed by atoms with Gasteiger partial charge in [0, 0.05) is 18.3 Å². The van der Waals surface area contributed by atoms with Gasteiger partial charge in [-0.05, 0) is 37.6 Å². The van der Waals surface area contributed by atoms with Gasteiger partial charge in [0.15, 0.2) is 0 Å². The highest BCUT2D eigenvalue weighted by Gasteiger charge is 2.23. The largest absolute Gasteiger partial charge is 0.326 e. The van der Waals surface area contributed by atoms with Gasteiger partial charge in [0.05, 0.1) is 6.54 Å². The topological polar surface area (TPSA) is 58.4 Å². The van der Waals surface area contributed by atoms with Crippen LogP contribution in [-0.4, -0.2) is 30.4 Å². The van der Waals surface area contributed by atoms with Crippen LogP contribution in [0.15, 0.2) is 24.3 Å². The van der Waals surface area contributed by atoms with E-state index in [1.807, 2.05) is 31.3 Å². The average molecular weight is 247 g/mol. The number of carbonyl (C=O) groups is 1. The molecule has 0 radical (unpaired) electrons. The van der Waals surface area contributed by atoms with Crippen LogP contribution in [0.5, 0.6) is 0 Å². The molecule has 2 rings (SSSR count). The van der Waals surface area contributed by atoms with Crippen molar-refractivity contribution in [2.75, 3.05) is 18.9 Å². The molecule has 18 heavy (non-hydrogen) atoms. The molecule has 0 unspecified atom stereocenters. The van der Waals surface area contributed by atoms with Crippen molar-refractivity contribution >= 4 is 11.6 Å². The van der Waals surface area contributed by atoms with Crippen LogP contribution in [0, 0.1) is 0 Å². The summed E-state index contributed by atoms with van der Waals surface area (Å²) in [6.45, 7) is 0.988. The van der Waals surface area contributed by atoms with E-state index in [1.165, 1.54) is 19.3 Å². The molecule has 0 aromatic heterocycles. The maximum absolute atomic E-state index is 11.8. The maximum atomic E-state index is 11.8. The zero-order chi connectivity index (χ0) is 13.0. The first kappa shape index (κ1) is 13.1. The third kappa shape index (κ3) is 3.31. The summed E-state index contributed by atoms with van der Waals surface area (Å²) in [7, 11) is 2.01. The smallest absolute Gasteiger partial charge is 0.238 e. The molecule has 3 N–H and O–H groups in total. The number of rotatable bonds is 5. The minimum Gasteiger partial charge on any atom is -0.326 e. The number of hydrogen-bond donors (Lipinski definition) is 2. The predicted octanol–water partition coefficient (Wildman–Crippen LogP) is 1.57. The van der Waals surface area contributed by atoms with Gasteiger partial charge in [-0.1, -0.05) is 18.6 Å². The minimum atomic E-state index is 0.0462. The van der Waals surface area contributed by atoms with Gasteiger partial charge < -0.3 is 11.1 Å². The lowest BCUT2D eigenvalue weighted by Crippen LogP contribution is -2.41. The first-order valence-electron chi connectivity index (χ1n) is 6.48. The molecule has 0 atom stereocenters. The normalized spacial score (nSPS) is 15.5. The summed E-state index contributed by atoms with van der Waals surface area (Å²) in [5, 5.41) is 2.91. The molecule has 0 saturated heterocycles. The molecule has 0 aliphatic heterocycles. The number of benzene rings is 1. The van der Waals surface area contributed by atoms with E-state index in [2.05, 4.69) is 10.2 Å². The lowest BCUT2D eigenvalue weighted by molar-refractivity contribution is -0.117. The van der Waals surface area contributed by atoms with E-state index in [0.29, 0.717) is 19.1 Å². The molecule has 4 heteroatoms. The first-order chi connectivity index (χ1) is 8.69. The fourth-order valence-corrected chi connectivity index (χ4v) is 2.11. The molecule has 1 fully saturated rings. The summed E-state index contributed by atoms with van der Waals surface area (Å²) >= 11 is 0. The highest BCUT2D eigenvalue weighted by Crippen LogP contribution is 2.23. The first-order valence-corrected chi connectivity index (χ1v) is 6.48. The molecular formula is C14H21N3O. The number of likely N-dealkylation sites (N-methyl/N-ethyl adjacent to an activating group) is 1. The van der Waals surface area contributed by atoms with Gasteiger partial charge in [0.25, 0.3) is 0 Å². The van der Waals surface area contributed by atoms with Crippen LogP contribution in [0.1, 0.15) is 24.8 Å². The predicted molar refractivity (Wildman–Crippen MR) is 73.2 cm³/mol. The summed E-state index contributed by atoms with van der Waals surface area (Å²) in [5.41, 5.74) is 7.43. The van der Waals surface area contributed by atoms with Gasteiger partial charge in [0.2, 0.25) is 5.91 Å². The summed E-state index contributed by atoms with van der Waals surface area (Å²) < 4.78 is 0. The molecule has 0 heterocycles. The summed E-state index contributed by atoms with van der Waals surface area (Å²) in [4.78, 5) is 14.0. The van der Waals surface area contributed by atoms with Gasteiger partial charge in [0.1, 0.15) is 0 Å². The number of anilines is 1. The quantitative estimate of drug-likeness (QED) is 0.830. The molecule has 1 saturated carbocycles. The van der Waals surface area contributed by atoms with Crippen LogP contribution in [0.2, 0.25) is 0 Å². The molecular weight excluding hydrogens is 226 g/mol. The Kier molecular flexibility index (Phi) is 4.33. The van der Waals surface area contributed by atoms with Gasteiger partial charge in [-0.15, -0.1) is 0 Å². The van der Waals surface area contributed by atoms with Crippen molar-refractivity contribution in [3.05, 3.63) is 29.8 Å². The monoisotopic (exact) mass is 247 g/mol. The minimum absolute atomic E-state index is 0.0462. The van der Waals surface area contributed by atoms with E-state index in [4.69, 9.17) is 5.73 Å². The summed E-state index contributed by atoms with van der Waals surface area (Å²) in [6, 6.07) is 8.25. The third-order valence-corrected chi connectivity index (χ3v) is 3.56. The Balaban J connectivity index is 1.82. The van der Waals surface area contributed by atoms with E-state index in [9.17, 15) is 4.79 Å². The molecule has 4 nitrogen and oxygen atoms in total. The van der Waals surface area contributed by atoms with E-state index < -0.39 is 0 Å². The Hall–Kier alpha value is -1.39. The fourth-order valence-electron chi connectivity index (χ4n) is 2.11. The molecule has 1 aliphatic rings. The summed E-state index contributed by atoms with van der Waals surface area (Å²) in [6.07, 6.45) is 3.72.